The van der Waals surface area contributed by atoms with Gasteiger partial charge in [0.05, 0.1) is 6.04 Å². The van der Waals surface area contributed by atoms with E-state index in [4.69, 9.17) is 9.47 Å². The molecule has 0 unspecified atom stereocenters. The van der Waals surface area contributed by atoms with E-state index >= 15 is 0 Å². The first-order valence-electron chi connectivity index (χ1n) is 11.2. The lowest BCUT2D eigenvalue weighted by atomic mass is 10.0. The average Bonchev–Trinajstić information content (AvgIpc) is 3.25. The molecule has 1 aliphatic rings. The fraction of sp³-hybridized carbons (Fsp3) is 0.480. The fourth-order valence-electron chi connectivity index (χ4n) is 3.83. The number of hydrogen-bond donors (Lipinski definition) is 0. The summed E-state index contributed by atoms with van der Waals surface area (Å²) in [5.74, 6) is 0.538. The Balaban J connectivity index is 1.82. The maximum atomic E-state index is 12.9. The van der Waals surface area contributed by atoms with Crippen molar-refractivity contribution in [3.05, 3.63) is 59.8 Å². The highest BCUT2D eigenvalue weighted by atomic mass is 16.6. The summed E-state index contributed by atoms with van der Waals surface area (Å²) in [6, 6.07) is 13.2. The van der Waals surface area contributed by atoms with Gasteiger partial charge in [0.15, 0.2) is 0 Å². The van der Waals surface area contributed by atoms with E-state index in [-0.39, 0.29) is 18.7 Å². The number of carbonyl (C=O) groups excluding carboxylic acids is 2. The third-order valence-electron chi connectivity index (χ3n) is 5.19. The number of hydrogen-bond acceptors (Lipinski definition) is 5. The van der Waals surface area contributed by atoms with Gasteiger partial charge in [-0.2, -0.15) is 0 Å². The molecule has 7 nitrogen and oxygen atoms in total. The maximum absolute atomic E-state index is 12.9. The van der Waals surface area contributed by atoms with Crippen LogP contribution in [-0.4, -0.2) is 40.8 Å². The van der Waals surface area contributed by atoms with Crippen molar-refractivity contribution < 1.29 is 19.1 Å². The van der Waals surface area contributed by atoms with Crippen LogP contribution in [0.1, 0.15) is 64.1 Å². The van der Waals surface area contributed by atoms with Crippen LogP contribution in [-0.2, 0) is 16.1 Å². The van der Waals surface area contributed by atoms with Crippen LogP contribution in [0.2, 0.25) is 0 Å². The summed E-state index contributed by atoms with van der Waals surface area (Å²) < 4.78 is 11.2. The molecule has 1 fully saturated rings. The predicted molar refractivity (Wildman–Crippen MR) is 123 cm³/mol. The summed E-state index contributed by atoms with van der Waals surface area (Å²) >= 11 is 0. The van der Waals surface area contributed by atoms with Gasteiger partial charge in [-0.1, -0.05) is 43.3 Å². The molecule has 2 aromatic rings. The van der Waals surface area contributed by atoms with E-state index in [2.05, 4.69) is 4.98 Å². The first kappa shape index (κ1) is 23.6. The van der Waals surface area contributed by atoms with Crippen molar-refractivity contribution in [3.63, 3.8) is 0 Å². The number of pyridine rings is 1. The second kappa shape index (κ2) is 10.5. The van der Waals surface area contributed by atoms with Gasteiger partial charge in [-0.3, -0.25) is 4.90 Å². The lowest BCUT2D eigenvalue weighted by molar-refractivity contribution is 0.0578. The summed E-state index contributed by atoms with van der Waals surface area (Å²) in [4.78, 5) is 33.7. The molecule has 1 saturated heterocycles. The Morgan fingerprint density at radius 1 is 1.16 bits per heavy atom. The molecule has 1 aliphatic heterocycles. The van der Waals surface area contributed by atoms with E-state index in [1.165, 1.54) is 0 Å². The highest BCUT2D eigenvalue weighted by Gasteiger charge is 2.35. The molecule has 0 radical (unpaired) electrons. The van der Waals surface area contributed by atoms with Gasteiger partial charge < -0.3 is 14.4 Å². The summed E-state index contributed by atoms with van der Waals surface area (Å²) in [6.45, 7) is 8.84. The monoisotopic (exact) mass is 439 g/mol. The highest BCUT2D eigenvalue weighted by molar-refractivity contribution is 5.87. The van der Waals surface area contributed by atoms with Gasteiger partial charge in [0, 0.05) is 24.8 Å². The number of amides is 2. The Kier molecular flexibility index (Phi) is 7.72. The molecule has 0 spiro atoms. The van der Waals surface area contributed by atoms with Crippen LogP contribution in [0.25, 0.3) is 0 Å². The SMILES string of the molecule is CCCN(C(=O)OC(C)(C)C)c1ncccc1[C@@H]1CCCN1C(=O)OCc1ccccc1. The molecule has 0 saturated carbocycles. The van der Waals surface area contributed by atoms with Crippen molar-refractivity contribution in [1.29, 1.82) is 0 Å². The predicted octanol–water partition coefficient (Wildman–Crippen LogP) is 5.71. The Labute approximate surface area is 190 Å². The minimum Gasteiger partial charge on any atom is -0.445 e. The van der Waals surface area contributed by atoms with E-state index in [0.717, 1.165) is 30.4 Å². The van der Waals surface area contributed by atoms with E-state index in [1.54, 1.807) is 16.0 Å². The Bertz CT molecular complexity index is 911. The number of anilines is 1. The Hall–Kier alpha value is -3.09. The summed E-state index contributed by atoms with van der Waals surface area (Å²) in [5.41, 5.74) is 1.16. The molecule has 32 heavy (non-hydrogen) atoms. The van der Waals surface area contributed by atoms with E-state index in [9.17, 15) is 9.59 Å². The third kappa shape index (κ3) is 5.99. The van der Waals surface area contributed by atoms with E-state index in [0.29, 0.717) is 18.9 Å². The number of rotatable bonds is 6. The molecule has 3 rings (SSSR count). The van der Waals surface area contributed by atoms with Crippen molar-refractivity contribution in [2.24, 2.45) is 0 Å². The van der Waals surface area contributed by atoms with Crippen molar-refractivity contribution >= 4 is 18.0 Å². The average molecular weight is 440 g/mol. The zero-order valence-electron chi connectivity index (χ0n) is 19.4. The number of carbonyl (C=O) groups is 2. The van der Waals surface area contributed by atoms with Gasteiger partial charge in [0.1, 0.15) is 18.0 Å². The summed E-state index contributed by atoms with van der Waals surface area (Å²) in [6.07, 6.45) is 3.27. The lowest BCUT2D eigenvalue weighted by Crippen LogP contribution is -2.39. The molecule has 0 bridgehead atoms. The number of likely N-dealkylation sites (tertiary alicyclic amines) is 1. The lowest BCUT2D eigenvalue weighted by Gasteiger charge is -2.30. The second-order valence-corrected chi connectivity index (χ2v) is 8.94. The quantitative estimate of drug-likeness (QED) is 0.577. The van der Waals surface area contributed by atoms with Gasteiger partial charge in [0.2, 0.25) is 0 Å². The van der Waals surface area contributed by atoms with Crippen LogP contribution < -0.4 is 4.90 Å². The first-order valence-corrected chi connectivity index (χ1v) is 11.2. The second-order valence-electron chi connectivity index (χ2n) is 8.94. The normalized spacial score (nSPS) is 16.0. The van der Waals surface area contributed by atoms with Crippen LogP contribution in [0.4, 0.5) is 15.4 Å². The van der Waals surface area contributed by atoms with Crippen molar-refractivity contribution in [3.8, 4) is 0 Å². The first-order chi connectivity index (χ1) is 15.3. The standard InChI is InChI=1S/C25H33N3O4/c1-5-16-28(24(30)32-25(2,3)4)22-20(13-9-15-26-22)21-14-10-17-27(21)23(29)31-18-19-11-7-6-8-12-19/h6-9,11-13,15,21H,5,10,14,16-18H2,1-4H3/t21-/m0/s1. The van der Waals surface area contributed by atoms with Gasteiger partial charge in [-0.05, 0) is 51.7 Å². The molecule has 7 heteroatoms. The van der Waals surface area contributed by atoms with Crippen LogP contribution >= 0.6 is 0 Å². The molecule has 2 heterocycles. The zero-order chi connectivity index (χ0) is 23.1. The summed E-state index contributed by atoms with van der Waals surface area (Å²) in [5, 5.41) is 0. The smallest absolute Gasteiger partial charge is 0.416 e. The highest BCUT2D eigenvalue weighted by Crippen LogP contribution is 2.37. The third-order valence-corrected chi connectivity index (χ3v) is 5.19. The topological polar surface area (TPSA) is 72.0 Å². The van der Waals surface area contributed by atoms with Gasteiger partial charge in [0.25, 0.3) is 0 Å². The molecule has 172 valence electrons. The number of benzene rings is 1. The van der Waals surface area contributed by atoms with Crippen molar-refractivity contribution in [2.45, 2.75) is 65.2 Å². The van der Waals surface area contributed by atoms with Crippen LogP contribution in [0.15, 0.2) is 48.7 Å². The van der Waals surface area contributed by atoms with Crippen molar-refractivity contribution in [1.82, 2.24) is 9.88 Å². The molecule has 0 aliphatic carbocycles. The maximum Gasteiger partial charge on any atom is 0.416 e. The largest absolute Gasteiger partial charge is 0.445 e. The molecule has 1 aromatic heterocycles. The van der Waals surface area contributed by atoms with Gasteiger partial charge in [-0.25, -0.2) is 14.6 Å². The van der Waals surface area contributed by atoms with Gasteiger partial charge in [-0.15, -0.1) is 0 Å². The molecule has 1 aromatic carbocycles. The summed E-state index contributed by atoms with van der Waals surface area (Å²) in [7, 11) is 0. The number of aromatic nitrogens is 1. The van der Waals surface area contributed by atoms with E-state index < -0.39 is 11.7 Å². The molecule has 2 amide bonds. The van der Waals surface area contributed by atoms with Crippen LogP contribution in [0, 0.1) is 0 Å². The number of nitrogens with zero attached hydrogens (tertiary/aromatic N) is 3. The molecule has 0 N–H and O–H groups in total. The van der Waals surface area contributed by atoms with Crippen molar-refractivity contribution in [2.75, 3.05) is 18.0 Å². The Morgan fingerprint density at radius 3 is 2.59 bits per heavy atom. The minimum atomic E-state index is -0.612. The zero-order valence-corrected chi connectivity index (χ0v) is 19.4. The molecular weight excluding hydrogens is 406 g/mol. The minimum absolute atomic E-state index is 0.205. The molecular formula is C25H33N3O4. The van der Waals surface area contributed by atoms with E-state index in [1.807, 2.05) is 70.2 Å². The van der Waals surface area contributed by atoms with Crippen LogP contribution in [0.3, 0.4) is 0 Å². The fourth-order valence-corrected chi connectivity index (χ4v) is 3.83. The number of ether oxygens (including phenoxy) is 2. The molecule has 1 atom stereocenters. The van der Waals surface area contributed by atoms with Gasteiger partial charge >= 0.3 is 12.2 Å². The van der Waals surface area contributed by atoms with Crippen LogP contribution in [0.5, 0.6) is 0 Å². The Morgan fingerprint density at radius 2 is 1.91 bits per heavy atom.